The number of phenolic OH excluding ortho intramolecular Hbond substituents is 1. The van der Waals surface area contributed by atoms with E-state index >= 15 is 0 Å². The van der Waals surface area contributed by atoms with Crippen LogP contribution in [0, 0.1) is 5.92 Å². The molecule has 1 atom stereocenters. The number of carbonyl (C=O) groups is 2. The Bertz CT molecular complexity index is 442. The Hall–Kier alpha value is -1.84. The molecule has 0 aromatic heterocycles. The molecule has 4 nitrogen and oxygen atoms in total. The smallest absolute Gasteiger partial charge is 0.232 e. The van der Waals surface area contributed by atoms with Gasteiger partial charge < -0.3 is 5.11 Å². The van der Waals surface area contributed by atoms with Gasteiger partial charge in [-0.2, -0.15) is 0 Å². The molecule has 1 fully saturated rings. The monoisotopic (exact) mass is 219 g/mol. The molecule has 1 aliphatic rings. The van der Waals surface area contributed by atoms with Crippen molar-refractivity contribution in [2.75, 3.05) is 0 Å². The van der Waals surface area contributed by atoms with Crippen LogP contribution in [0.1, 0.15) is 18.9 Å². The van der Waals surface area contributed by atoms with E-state index in [1.807, 2.05) is 0 Å². The highest BCUT2D eigenvalue weighted by molar-refractivity contribution is 6.03. The number of rotatable bonds is 2. The van der Waals surface area contributed by atoms with Crippen molar-refractivity contribution in [1.29, 1.82) is 0 Å². The van der Waals surface area contributed by atoms with Crippen LogP contribution in [0.5, 0.6) is 5.75 Å². The first-order valence-corrected chi connectivity index (χ1v) is 5.20. The highest BCUT2D eigenvalue weighted by atomic mass is 16.3. The van der Waals surface area contributed by atoms with Crippen molar-refractivity contribution in [1.82, 2.24) is 4.90 Å². The Morgan fingerprint density at radius 1 is 1.44 bits per heavy atom. The summed E-state index contributed by atoms with van der Waals surface area (Å²) in [4.78, 5) is 24.4. The largest absolute Gasteiger partial charge is 0.508 e. The van der Waals surface area contributed by atoms with Gasteiger partial charge in [0.2, 0.25) is 11.8 Å². The minimum atomic E-state index is -0.218. The van der Waals surface area contributed by atoms with Crippen molar-refractivity contribution in [3.63, 3.8) is 0 Å². The SMILES string of the molecule is CC1CC(=O)N(Cc2cccc(O)c2)C1=O. The molecular formula is C12H13NO3. The molecule has 0 aliphatic carbocycles. The van der Waals surface area contributed by atoms with Crippen LogP contribution in [-0.4, -0.2) is 21.8 Å². The molecular weight excluding hydrogens is 206 g/mol. The number of nitrogens with zero attached hydrogens (tertiary/aromatic N) is 1. The molecule has 0 radical (unpaired) electrons. The summed E-state index contributed by atoms with van der Waals surface area (Å²) < 4.78 is 0. The fourth-order valence-electron chi connectivity index (χ4n) is 1.85. The summed E-state index contributed by atoms with van der Waals surface area (Å²) in [6.07, 6.45) is 0.289. The summed E-state index contributed by atoms with van der Waals surface area (Å²) >= 11 is 0. The van der Waals surface area contributed by atoms with Gasteiger partial charge in [0.1, 0.15) is 5.75 Å². The highest BCUT2D eigenvalue weighted by Gasteiger charge is 2.35. The van der Waals surface area contributed by atoms with E-state index in [-0.39, 0.29) is 36.4 Å². The molecule has 1 N–H and O–H groups in total. The molecule has 4 heteroatoms. The molecule has 1 aromatic carbocycles. The predicted molar refractivity (Wildman–Crippen MR) is 57.4 cm³/mol. The van der Waals surface area contributed by atoms with Crippen LogP contribution < -0.4 is 0 Å². The van der Waals surface area contributed by atoms with Crippen LogP contribution in [0.4, 0.5) is 0 Å². The molecule has 1 saturated heterocycles. The van der Waals surface area contributed by atoms with E-state index in [2.05, 4.69) is 0 Å². The van der Waals surface area contributed by atoms with Crippen molar-refractivity contribution in [3.05, 3.63) is 29.8 Å². The maximum Gasteiger partial charge on any atom is 0.232 e. The summed E-state index contributed by atoms with van der Waals surface area (Å²) in [5.41, 5.74) is 0.760. The highest BCUT2D eigenvalue weighted by Crippen LogP contribution is 2.22. The lowest BCUT2D eigenvalue weighted by Gasteiger charge is -2.14. The summed E-state index contributed by atoms with van der Waals surface area (Å²) in [5, 5.41) is 9.28. The molecule has 2 amide bonds. The number of likely N-dealkylation sites (tertiary alicyclic amines) is 1. The number of carbonyl (C=O) groups excluding carboxylic acids is 2. The topological polar surface area (TPSA) is 57.6 Å². The fourth-order valence-corrected chi connectivity index (χ4v) is 1.85. The number of aromatic hydroxyl groups is 1. The lowest BCUT2D eigenvalue weighted by molar-refractivity contribution is -0.139. The molecule has 2 rings (SSSR count). The average molecular weight is 219 g/mol. The number of imide groups is 1. The third-order valence-corrected chi connectivity index (χ3v) is 2.72. The molecule has 0 saturated carbocycles. The van der Waals surface area contributed by atoms with E-state index in [0.29, 0.717) is 0 Å². The number of hydrogen-bond donors (Lipinski definition) is 1. The van der Waals surface area contributed by atoms with Gasteiger partial charge in [-0.15, -0.1) is 0 Å². The van der Waals surface area contributed by atoms with Gasteiger partial charge in [0.25, 0.3) is 0 Å². The van der Waals surface area contributed by atoms with Crippen LogP contribution in [0.2, 0.25) is 0 Å². The molecule has 16 heavy (non-hydrogen) atoms. The third kappa shape index (κ3) is 1.91. The van der Waals surface area contributed by atoms with Crippen LogP contribution in [-0.2, 0) is 16.1 Å². The second-order valence-corrected chi connectivity index (χ2v) is 4.09. The zero-order valence-corrected chi connectivity index (χ0v) is 9.01. The van der Waals surface area contributed by atoms with E-state index in [1.165, 1.54) is 4.90 Å². The van der Waals surface area contributed by atoms with Crippen molar-refractivity contribution < 1.29 is 14.7 Å². The number of benzene rings is 1. The van der Waals surface area contributed by atoms with Crippen LogP contribution in [0.15, 0.2) is 24.3 Å². The Labute approximate surface area is 93.5 Å². The minimum absolute atomic E-state index is 0.131. The zero-order valence-electron chi connectivity index (χ0n) is 9.01. The van der Waals surface area contributed by atoms with E-state index in [1.54, 1.807) is 31.2 Å². The normalized spacial score (nSPS) is 20.6. The fraction of sp³-hybridized carbons (Fsp3) is 0.333. The second-order valence-electron chi connectivity index (χ2n) is 4.09. The van der Waals surface area contributed by atoms with Crippen LogP contribution in [0.3, 0.4) is 0 Å². The Morgan fingerprint density at radius 2 is 2.19 bits per heavy atom. The summed E-state index contributed by atoms with van der Waals surface area (Å²) in [5.74, 6) is -0.344. The standard InChI is InChI=1S/C12H13NO3/c1-8-5-11(15)13(12(8)16)7-9-3-2-4-10(14)6-9/h2-4,6,8,14H,5,7H2,1H3. The maximum absolute atomic E-state index is 11.6. The van der Waals surface area contributed by atoms with Gasteiger partial charge >= 0.3 is 0 Å². The Balaban J connectivity index is 2.16. The maximum atomic E-state index is 11.6. The lowest BCUT2D eigenvalue weighted by atomic mass is 10.1. The number of amides is 2. The first-order valence-electron chi connectivity index (χ1n) is 5.20. The molecule has 1 unspecified atom stereocenters. The van der Waals surface area contributed by atoms with Gasteiger partial charge in [-0.25, -0.2) is 0 Å². The van der Waals surface area contributed by atoms with Crippen molar-refractivity contribution in [2.45, 2.75) is 19.9 Å². The minimum Gasteiger partial charge on any atom is -0.508 e. The second kappa shape index (κ2) is 3.96. The summed E-state index contributed by atoms with van der Waals surface area (Å²) in [6.45, 7) is 2.00. The van der Waals surface area contributed by atoms with Gasteiger partial charge in [-0.05, 0) is 17.7 Å². The van der Waals surface area contributed by atoms with Gasteiger partial charge in [-0.3, -0.25) is 14.5 Å². The zero-order chi connectivity index (χ0) is 11.7. The van der Waals surface area contributed by atoms with E-state index < -0.39 is 0 Å². The lowest BCUT2D eigenvalue weighted by Crippen LogP contribution is -2.29. The van der Waals surface area contributed by atoms with E-state index in [9.17, 15) is 14.7 Å². The summed E-state index contributed by atoms with van der Waals surface area (Å²) in [7, 11) is 0. The van der Waals surface area contributed by atoms with Crippen molar-refractivity contribution in [3.8, 4) is 5.75 Å². The van der Waals surface area contributed by atoms with E-state index in [0.717, 1.165) is 5.56 Å². The van der Waals surface area contributed by atoms with Crippen molar-refractivity contribution in [2.24, 2.45) is 5.92 Å². The van der Waals surface area contributed by atoms with Gasteiger partial charge in [0.05, 0.1) is 6.54 Å². The molecule has 1 aromatic rings. The number of hydrogen-bond acceptors (Lipinski definition) is 3. The van der Waals surface area contributed by atoms with Gasteiger partial charge in [0, 0.05) is 12.3 Å². The molecule has 1 heterocycles. The Morgan fingerprint density at radius 3 is 2.75 bits per heavy atom. The quantitative estimate of drug-likeness (QED) is 0.762. The summed E-state index contributed by atoms with van der Waals surface area (Å²) in [6, 6.07) is 6.59. The first-order chi connectivity index (χ1) is 7.58. The molecule has 0 bridgehead atoms. The van der Waals surface area contributed by atoms with Gasteiger partial charge in [-0.1, -0.05) is 19.1 Å². The van der Waals surface area contributed by atoms with E-state index in [4.69, 9.17) is 0 Å². The molecule has 84 valence electrons. The molecule has 0 spiro atoms. The van der Waals surface area contributed by atoms with Crippen molar-refractivity contribution >= 4 is 11.8 Å². The third-order valence-electron chi connectivity index (χ3n) is 2.72. The first kappa shape index (κ1) is 10.7. The number of phenols is 1. The van der Waals surface area contributed by atoms with Gasteiger partial charge in [0.15, 0.2) is 0 Å². The average Bonchev–Trinajstić information content (AvgIpc) is 2.45. The molecule has 1 aliphatic heterocycles. The Kier molecular flexibility index (Phi) is 2.64. The van der Waals surface area contributed by atoms with Crippen LogP contribution in [0.25, 0.3) is 0 Å². The van der Waals surface area contributed by atoms with Crippen LogP contribution >= 0.6 is 0 Å². The predicted octanol–water partition coefficient (Wildman–Crippen LogP) is 1.29.